The molecule has 0 radical (unpaired) electrons. The summed E-state index contributed by atoms with van der Waals surface area (Å²) in [5.74, 6) is 0.456. The standard InChI is InChI=1S/C25H20N4O3S/c1-32-22-12-5-2-8-18(22)15-29-24(31)20-10-3-4-11-21(20)28-25(29)33-16-23(30)27-19-9-6-7-17(13-19)14-26/h2-13H,15-16H2,1H3,(H,27,30). The van der Waals surface area contributed by atoms with Crippen molar-refractivity contribution in [2.75, 3.05) is 18.2 Å². The zero-order chi connectivity index (χ0) is 23.2. The summed E-state index contributed by atoms with van der Waals surface area (Å²) < 4.78 is 7.00. The molecule has 1 N–H and O–H groups in total. The van der Waals surface area contributed by atoms with Crippen molar-refractivity contribution in [2.45, 2.75) is 11.7 Å². The zero-order valence-electron chi connectivity index (χ0n) is 17.8. The van der Waals surface area contributed by atoms with Crippen molar-refractivity contribution in [1.29, 1.82) is 5.26 Å². The van der Waals surface area contributed by atoms with Crippen molar-refractivity contribution >= 4 is 34.3 Å². The lowest BCUT2D eigenvalue weighted by Gasteiger charge is -2.15. The van der Waals surface area contributed by atoms with Gasteiger partial charge in [0.25, 0.3) is 5.56 Å². The number of ether oxygens (including phenoxy) is 1. The number of carbonyl (C=O) groups is 1. The first-order chi connectivity index (χ1) is 16.1. The van der Waals surface area contributed by atoms with Crippen LogP contribution in [0.5, 0.6) is 5.75 Å². The van der Waals surface area contributed by atoms with Crippen LogP contribution in [0.15, 0.2) is 82.7 Å². The van der Waals surface area contributed by atoms with Crippen LogP contribution >= 0.6 is 11.8 Å². The lowest BCUT2D eigenvalue weighted by Crippen LogP contribution is -2.25. The number of methoxy groups -OCH3 is 1. The van der Waals surface area contributed by atoms with Gasteiger partial charge in [0.15, 0.2) is 5.16 Å². The van der Waals surface area contributed by atoms with E-state index < -0.39 is 0 Å². The van der Waals surface area contributed by atoms with Crippen molar-refractivity contribution in [3.8, 4) is 11.8 Å². The lowest BCUT2D eigenvalue weighted by molar-refractivity contribution is -0.113. The molecular weight excluding hydrogens is 436 g/mol. The van der Waals surface area contributed by atoms with Crippen molar-refractivity contribution in [3.05, 3.63) is 94.3 Å². The summed E-state index contributed by atoms with van der Waals surface area (Å²) in [6.07, 6.45) is 0. The second kappa shape index (κ2) is 10.0. The number of hydrogen-bond acceptors (Lipinski definition) is 6. The van der Waals surface area contributed by atoms with Gasteiger partial charge in [0, 0.05) is 11.3 Å². The van der Waals surface area contributed by atoms with Gasteiger partial charge in [0.05, 0.1) is 41.9 Å². The second-order valence-corrected chi connectivity index (χ2v) is 8.09. The van der Waals surface area contributed by atoms with Crippen LogP contribution in [0.4, 0.5) is 5.69 Å². The molecule has 7 nitrogen and oxygen atoms in total. The minimum atomic E-state index is -0.263. The minimum absolute atomic E-state index is 0.0491. The summed E-state index contributed by atoms with van der Waals surface area (Å²) in [6, 6.07) is 23.4. The van der Waals surface area contributed by atoms with Crippen molar-refractivity contribution in [3.63, 3.8) is 0 Å². The van der Waals surface area contributed by atoms with Crippen molar-refractivity contribution in [2.24, 2.45) is 0 Å². The Bertz CT molecular complexity index is 1430. The van der Waals surface area contributed by atoms with Crippen LogP contribution in [0, 0.1) is 11.3 Å². The third-order valence-electron chi connectivity index (χ3n) is 4.96. The van der Waals surface area contributed by atoms with Crippen molar-refractivity contribution < 1.29 is 9.53 Å². The fourth-order valence-electron chi connectivity index (χ4n) is 3.39. The van der Waals surface area contributed by atoms with Crippen LogP contribution < -0.4 is 15.6 Å². The number of rotatable bonds is 7. The molecule has 0 spiro atoms. The third kappa shape index (κ3) is 5.05. The normalized spacial score (nSPS) is 10.5. The first-order valence-corrected chi connectivity index (χ1v) is 11.1. The zero-order valence-corrected chi connectivity index (χ0v) is 18.6. The number of benzene rings is 3. The summed E-state index contributed by atoms with van der Waals surface area (Å²) in [6.45, 7) is 0.259. The minimum Gasteiger partial charge on any atom is -0.496 e. The topological polar surface area (TPSA) is 97.0 Å². The monoisotopic (exact) mass is 456 g/mol. The van der Waals surface area contributed by atoms with Gasteiger partial charge in [-0.15, -0.1) is 0 Å². The molecule has 8 heteroatoms. The van der Waals surface area contributed by atoms with Crippen molar-refractivity contribution in [1.82, 2.24) is 9.55 Å². The molecule has 164 valence electrons. The Hall–Kier alpha value is -4.09. The fraction of sp³-hybridized carbons (Fsp3) is 0.120. The Morgan fingerprint density at radius 1 is 1.12 bits per heavy atom. The molecule has 0 aliphatic heterocycles. The van der Waals surface area contributed by atoms with Crippen LogP contribution in [0.25, 0.3) is 10.9 Å². The van der Waals surface area contributed by atoms with Gasteiger partial charge in [0.1, 0.15) is 5.75 Å². The molecule has 0 bridgehead atoms. The number of fused-ring (bicyclic) bond motifs is 1. The highest BCUT2D eigenvalue weighted by molar-refractivity contribution is 7.99. The quantitative estimate of drug-likeness (QED) is 0.333. The number of anilines is 1. The number of nitrogens with zero attached hydrogens (tertiary/aromatic N) is 3. The Labute approximate surface area is 194 Å². The number of aromatic nitrogens is 2. The Kier molecular flexibility index (Phi) is 6.72. The summed E-state index contributed by atoms with van der Waals surface area (Å²) in [5, 5.41) is 12.8. The summed E-state index contributed by atoms with van der Waals surface area (Å²) in [7, 11) is 1.58. The lowest BCUT2D eigenvalue weighted by atomic mass is 10.2. The molecule has 0 aliphatic carbocycles. The molecule has 0 atom stereocenters. The van der Waals surface area contributed by atoms with E-state index in [2.05, 4.69) is 10.3 Å². The summed E-state index contributed by atoms with van der Waals surface area (Å²) in [5.41, 5.74) is 2.22. The summed E-state index contributed by atoms with van der Waals surface area (Å²) >= 11 is 1.18. The number of nitrogens with one attached hydrogen (secondary N) is 1. The average Bonchev–Trinajstić information content (AvgIpc) is 2.85. The van der Waals surface area contributed by atoms with Gasteiger partial charge in [0.2, 0.25) is 5.91 Å². The molecule has 4 aromatic rings. The maximum Gasteiger partial charge on any atom is 0.262 e. The SMILES string of the molecule is COc1ccccc1Cn1c(SCC(=O)Nc2cccc(C#N)c2)nc2ccccc2c1=O. The van der Waals surface area contributed by atoms with Gasteiger partial charge in [-0.2, -0.15) is 5.26 Å². The van der Waals surface area contributed by atoms with E-state index in [0.29, 0.717) is 33.1 Å². The van der Waals surface area contributed by atoms with E-state index in [-0.39, 0.29) is 23.8 Å². The molecule has 0 saturated carbocycles. The molecule has 1 amide bonds. The molecule has 0 saturated heterocycles. The van der Waals surface area contributed by atoms with Gasteiger partial charge in [-0.25, -0.2) is 4.98 Å². The van der Waals surface area contributed by atoms with E-state index in [0.717, 1.165) is 5.56 Å². The van der Waals surface area contributed by atoms with E-state index in [1.165, 1.54) is 11.8 Å². The predicted molar refractivity (Wildman–Crippen MR) is 129 cm³/mol. The highest BCUT2D eigenvalue weighted by Crippen LogP contribution is 2.23. The Balaban J connectivity index is 1.63. The van der Waals surface area contributed by atoms with Crippen LogP contribution in [-0.4, -0.2) is 28.3 Å². The highest BCUT2D eigenvalue weighted by Gasteiger charge is 2.15. The number of hydrogen-bond donors (Lipinski definition) is 1. The van der Waals surface area contributed by atoms with E-state index in [4.69, 9.17) is 10.00 Å². The maximum absolute atomic E-state index is 13.3. The molecule has 33 heavy (non-hydrogen) atoms. The molecular formula is C25H20N4O3S. The predicted octanol–water partition coefficient (Wildman–Crippen LogP) is 4.06. The van der Waals surface area contributed by atoms with Crippen LogP contribution in [0.1, 0.15) is 11.1 Å². The molecule has 0 fully saturated rings. The smallest absolute Gasteiger partial charge is 0.262 e. The van der Waals surface area contributed by atoms with Gasteiger partial charge in [-0.3, -0.25) is 14.2 Å². The molecule has 1 heterocycles. The largest absolute Gasteiger partial charge is 0.496 e. The van der Waals surface area contributed by atoms with E-state index >= 15 is 0 Å². The first-order valence-electron chi connectivity index (χ1n) is 10.1. The number of amides is 1. The number of para-hydroxylation sites is 2. The van der Waals surface area contributed by atoms with Gasteiger partial charge < -0.3 is 10.1 Å². The van der Waals surface area contributed by atoms with Crippen LogP contribution in [0.2, 0.25) is 0 Å². The Morgan fingerprint density at radius 3 is 2.73 bits per heavy atom. The highest BCUT2D eigenvalue weighted by atomic mass is 32.2. The second-order valence-electron chi connectivity index (χ2n) is 7.14. The van der Waals surface area contributed by atoms with Gasteiger partial charge in [-0.1, -0.05) is 48.2 Å². The number of nitriles is 1. The third-order valence-corrected chi connectivity index (χ3v) is 5.93. The summed E-state index contributed by atoms with van der Waals surface area (Å²) in [4.78, 5) is 30.5. The molecule has 4 rings (SSSR count). The molecule has 0 unspecified atom stereocenters. The fourth-order valence-corrected chi connectivity index (χ4v) is 4.19. The van der Waals surface area contributed by atoms with Crippen LogP contribution in [0.3, 0.4) is 0 Å². The Morgan fingerprint density at radius 2 is 1.91 bits per heavy atom. The van der Waals surface area contributed by atoms with Crippen LogP contribution in [-0.2, 0) is 11.3 Å². The average molecular weight is 457 g/mol. The van der Waals surface area contributed by atoms with Gasteiger partial charge in [-0.05, 0) is 36.4 Å². The molecule has 0 aliphatic rings. The van der Waals surface area contributed by atoms with E-state index in [1.54, 1.807) is 54.1 Å². The molecule has 1 aromatic heterocycles. The van der Waals surface area contributed by atoms with E-state index in [9.17, 15) is 9.59 Å². The maximum atomic E-state index is 13.3. The van der Waals surface area contributed by atoms with E-state index in [1.807, 2.05) is 36.4 Å². The first kappa shape index (κ1) is 22.1. The van der Waals surface area contributed by atoms with Gasteiger partial charge >= 0.3 is 0 Å². The number of thioether (sulfide) groups is 1. The molecule has 3 aromatic carbocycles. The number of carbonyl (C=O) groups excluding carboxylic acids is 1.